The molecule has 1 saturated carbocycles. The number of rotatable bonds is 6. The molecule has 1 heterocycles. The molecule has 0 aromatic heterocycles. The van der Waals surface area contributed by atoms with Crippen molar-refractivity contribution in [2.75, 3.05) is 13.1 Å². The number of hydrogen-bond donors (Lipinski definition) is 2. The first kappa shape index (κ1) is 14.8. The molecule has 2 N–H and O–H groups in total. The lowest BCUT2D eigenvalue weighted by Gasteiger charge is -2.26. The topological polar surface area (TPSA) is 41.1 Å². The first-order valence-corrected chi connectivity index (χ1v) is 8.30. The molecule has 2 aliphatic rings. The average Bonchev–Trinajstić information content (AvgIpc) is 2.92. The lowest BCUT2D eigenvalue weighted by atomic mass is 9.81. The highest BCUT2D eigenvalue weighted by Crippen LogP contribution is 2.30. The van der Waals surface area contributed by atoms with Gasteiger partial charge in [0.1, 0.15) is 0 Å². The van der Waals surface area contributed by atoms with Gasteiger partial charge in [-0.15, -0.1) is 0 Å². The SMILES string of the molecule is CCCC(CC1CCCCC1)C(=O)NC1CCNC1. The molecule has 2 unspecified atom stereocenters. The van der Waals surface area contributed by atoms with Gasteiger partial charge in [0.25, 0.3) is 0 Å². The van der Waals surface area contributed by atoms with E-state index in [1.165, 1.54) is 32.1 Å². The Labute approximate surface area is 117 Å². The van der Waals surface area contributed by atoms with E-state index in [0.717, 1.165) is 44.7 Å². The van der Waals surface area contributed by atoms with Crippen LogP contribution in [0.5, 0.6) is 0 Å². The van der Waals surface area contributed by atoms with Gasteiger partial charge >= 0.3 is 0 Å². The Morgan fingerprint density at radius 1 is 1.26 bits per heavy atom. The maximum absolute atomic E-state index is 12.4. The van der Waals surface area contributed by atoms with Gasteiger partial charge in [-0.05, 0) is 31.7 Å². The molecule has 2 fully saturated rings. The highest BCUT2D eigenvalue weighted by molar-refractivity contribution is 5.79. The molecule has 3 nitrogen and oxygen atoms in total. The van der Waals surface area contributed by atoms with Gasteiger partial charge in [0.2, 0.25) is 5.91 Å². The summed E-state index contributed by atoms with van der Waals surface area (Å²) in [5, 5.41) is 6.57. The molecular formula is C16H30N2O. The lowest BCUT2D eigenvalue weighted by Crippen LogP contribution is -2.40. The average molecular weight is 266 g/mol. The molecule has 0 radical (unpaired) electrons. The quantitative estimate of drug-likeness (QED) is 0.776. The summed E-state index contributed by atoms with van der Waals surface area (Å²) in [4.78, 5) is 12.4. The first-order valence-electron chi connectivity index (χ1n) is 8.30. The number of carbonyl (C=O) groups is 1. The molecule has 1 aliphatic heterocycles. The van der Waals surface area contributed by atoms with Crippen molar-refractivity contribution in [3.05, 3.63) is 0 Å². The molecule has 2 rings (SSSR count). The Bertz CT molecular complexity index is 268. The summed E-state index contributed by atoms with van der Waals surface area (Å²) < 4.78 is 0. The zero-order chi connectivity index (χ0) is 13.5. The van der Waals surface area contributed by atoms with Gasteiger partial charge in [0, 0.05) is 18.5 Å². The second kappa shape index (κ2) is 7.88. The van der Waals surface area contributed by atoms with Crippen LogP contribution in [0.15, 0.2) is 0 Å². The molecule has 1 amide bonds. The minimum atomic E-state index is 0.258. The van der Waals surface area contributed by atoms with Gasteiger partial charge < -0.3 is 10.6 Å². The van der Waals surface area contributed by atoms with E-state index in [4.69, 9.17) is 0 Å². The van der Waals surface area contributed by atoms with Crippen molar-refractivity contribution < 1.29 is 4.79 Å². The number of carbonyl (C=O) groups excluding carboxylic acids is 1. The van der Waals surface area contributed by atoms with Gasteiger partial charge in [-0.1, -0.05) is 45.4 Å². The molecule has 1 saturated heterocycles. The van der Waals surface area contributed by atoms with Crippen LogP contribution in [-0.4, -0.2) is 25.0 Å². The van der Waals surface area contributed by atoms with Gasteiger partial charge in [-0.2, -0.15) is 0 Å². The van der Waals surface area contributed by atoms with Crippen LogP contribution in [0.25, 0.3) is 0 Å². The third-order valence-corrected chi connectivity index (χ3v) is 4.76. The largest absolute Gasteiger partial charge is 0.352 e. The van der Waals surface area contributed by atoms with Crippen molar-refractivity contribution in [1.29, 1.82) is 0 Å². The molecule has 3 heteroatoms. The molecule has 0 spiro atoms. The molecule has 110 valence electrons. The maximum atomic E-state index is 12.4. The Morgan fingerprint density at radius 2 is 2.05 bits per heavy atom. The molecule has 19 heavy (non-hydrogen) atoms. The standard InChI is InChI=1S/C16H30N2O/c1-2-6-14(11-13-7-4-3-5-8-13)16(19)18-15-9-10-17-12-15/h13-15,17H,2-12H2,1H3,(H,18,19). The molecule has 0 bridgehead atoms. The third kappa shape index (κ3) is 4.79. The van der Waals surface area contributed by atoms with Crippen LogP contribution < -0.4 is 10.6 Å². The van der Waals surface area contributed by atoms with Crippen LogP contribution in [0.3, 0.4) is 0 Å². The fourth-order valence-corrected chi connectivity index (χ4v) is 3.63. The van der Waals surface area contributed by atoms with Gasteiger partial charge in [-0.25, -0.2) is 0 Å². The summed E-state index contributed by atoms with van der Waals surface area (Å²) in [6, 6.07) is 0.373. The minimum absolute atomic E-state index is 0.258. The second-order valence-corrected chi connectivity index (χ2v) is 6.42. The van der Waals surface area contributed by atoms with Crippen molar-refractivity contribution in [1.82, 2.24) is 10.6 Å². The highest BCUT2D eigenvalue weighted by atomic mass is 16.1. The zero-order valence-electron chi connectivity index (χ0n) is 12.4. The Hall–Kier alpha value is -0.570. The smallest absolute Gasteiger partial charge is 0.223 e. The first-order chi connectivity index (χ1) is 9.29. The summed E-state index contributed by atoms with van der Waals surface area (Å²) in [7, 11) is 0. The summed E-state index contributed by atoms with van der Waals surface area (Å²) in [6.07, 6.45) is 11.2. The van der Waals surface area contributed by atoms with E-state index in [1.807, 2.05) is 0 Å². The van der Waals surface area contributed by atoms with Crippen LogP contribution >= 0.6 is 0 Å². The lowest BCUT2D eigenvalue weighted by molar-refractivity contribution is -0.126. The molecule has 1 aliphatic carbocycles. The van der Waals surface area contributed by atoms with Gasteiger partial charge in [0.05, 0.1) is 0 Å². The molecule has 0 aromatic rings. The normalized spacial score (nSPS) is 26.3. The van der Waals surface area contributed by atoms with E-state index in [9.17, 15) is 4.79 Å². The second-order valence-electron chi connectivity index (χ2n) is 6.42. The summed E-state index contributed by atoms with van der Waals surface area (Å²) in [5.41, 5.74) is 0. The van der Waals surface area contributed by atoms with Crippen molar-refractivity contribution in [2.24, 2.45) is 11.8 Å². The van der Waals surface area contributed by atoms with Crippen molar-refractivity contribution in [3.63, 3.8) is 0 Å². The zero-order valence-corrected chi connectivity index (χ0v) is 12.4. The Kier molecular flexibility index (Phi) is 6.15. The van der Waals surface area contributed by atoms with Crippen LogP contribution in [0, 0.1) is 11.8 Å². The predicted octanol–water partition coefficient (Wildman–Crippen LogP) is 2.85. The van der Waals surface area contributed by atoms with Crippen molar-refractivity contribution >= 4 is 5.91 Å². The van der Waals surface area contributed by atoms with E-state index in [1.54, 1.807) is 0 Å². The van der Waals surface area contributed by atoms with E-state index in [0.29, 0.717) is 11.9 Å². The van der Waals surface area contributed by atoms with Gasteiger partial charge in [-0.3, -0.25) is 4.79 Å². The van der Waals surface area contributed by atoms with E-state index in [-0.39, 0.29) is 5.92 Å². The van der Waals surface area contributed by atoms with Crippen molar-refractivity contribution in [2.45, 2.75) is 70.8 Å². The summed E-state index contributed by atoms with van der Waals surface area (Å²) in [6.45, 7) is 4.19. The summed E-state index contributed by atoms with van der Waals surface area (Å²) in [5.74, 6) is 1.38. The van der Waals surface area contributed by atoms with Crippen molar-refractivity contribution in [3.8, 4) is 0 Å². The fourth-order valence-electron chi connectivity index (χ4n) is 3.63. The molecule has 0 aromatic carbocycles. The molecular weight excluding hydrogens is 236 g/mol. The van der Waals surface area contributed by atoms with E-state index >= 15 is 0 Å². The molecule has 2 atom stereocenters. The summed E-state index contributed by atoms with van der Waals surface area (Å²) >= 11 is 0. The predicted molar refractivity (Wildman–Crippen MR) is 79.0 cm³/mol. The number of nitrogens with one attached hydrogen (secondary N) is 2. The number of hydrogen-bond acceptors (Lipinski definition) is 2. The monoisotopic (exact) mass is 266 g/mol. The van der Waals surface area contributed by atoms with E-state index < -0.39 is 0 Å². The fraction of sp³-hybridized carbons (Fsp3) is 0.938. The third-order valence-electron chi connectivity index (χ3n) is 4.76. The number of amides is 1. The van der Waals surface area contributed by atoms with Crippen LogP contribution in [0.4, 0.5) is 0 Å². The Morgan fingerprint density at radius 3 is 2.68 bits per heavy atom. The Balaban J connectivity index is 1.80. The van der Waals surface area contributed by atoms with Crippen LogP contribution in [0.1, 0.15) is 64.7 Å². The highest BCUT2D eigenvalue weighted by Gasteiger charge is 2.26. The van der Waals surface area contributed by atoms with Crippen LogP contribution in [0.2, 0.25) is 0 Å². The maximum Gasteiger partial charge on any atom is 0.223 e. The van der Waals surface area contributed by atoms with E-state index in [2.05, 4.69) is 17.6 Å². The van der Waals surface area contributed by atoms with Crippen LogP contribution in [-0.2, 0) is 4.79 Å². The minimum Gasteiger partial charge on any atom is -0.352 e. The van der Waals surface area contributed by atoms with Gasteiger partial charge in [0.15, 0.2) is 0 Å².